The molecule has 0 spiro atoms. The van der Waals surface area contributed by atoms with Crippen LogP contribution in [0.15, 0.2) is 6.07 Å². The van der Waals surface area contributed by atoms with Crippen LogP contribution in [0, 0.1) is 22.1 Å². The molecule has 0 unspecified atom stereocenters. The molecule has 4 heteroatoms. The van der Waals surface area contributed by atoms with Crippen LogP contribution < -0.4 is 0 Å². The van der Waals surface area contributed by atoms with Crippen LogP contribution >= 0.6 is 34.2 Å². The molecule has 1 aromatic carbocycles. The third-order valence-corrected chi connectivity index (χ3v) is 2.72. The highest BCUT2D eigenvalue weighted by molar-refractivity contribution is 14.1. The third-order valence-electron chi connectivity index (χ3n) is 1.34. The van der Waals surface area contributed by atoms with Gasteiger partial charge in [0.2, 0.25) is 0 Å². The molecule has 1 aromatic rings. The lowest BCUT2D eigenvalue weighted by Gasteiger charge is -2.02. The van der Waals surface area contributed by atoms with Gasteiger partial charge in [-0.15, -0.1) is 0 Å². The van der Waals surface area contributed by atoms with Gasteiger partial charge in [0.15, 0.2) is 0 Å². The summed E-state index contributed by atoms with van der Waals surface area (Å²) in [5.74, 6) is -1.19. The van der Waals surface area contributed by atoms with Crippen molar-refractivity contribution in [2.45, 2.75) is 6.92 Å². The third kappa shape index (κ3) is 1.64. The van der Waals surface area contributed by atoms with Crippen molar-refractivity contribution in [3.63, 3.8) is 0 Å². The Balaban J connectivity index is 3.46. The van der Waals surface area contributed by atoms with Gasteiger partial charge in [-0.05, 0) is 35.6 Å². The van der Waals surface area contributed by atoms with Gasteiger partial charge in [-0.2, -0.15) is 0 Å². The summed E-state index contributed by atoms with van der Waals surface area (Å²) in [5, 5.41) is 0.125. The first-order valence-corrected chi connectivity index (χ1v) is 4.29. The maximum atomic E-state index is 12.9. The van der Waals surface area contributed by atoms with Gasteiger partial charge >= 0.3 is 0 Å². The molecule has 0 aliphatic heterocycles. The summed E-state index contributed by atoms with van der Waals surface area (Å²) < 4.78 is 25.6. The van der Waals surface area contributed by atoms with Crippen molar-refractivity contribution in [1.82, 2.24) is 0 Å². The van der Waals surface area contributed by atoms with E-state index in [1.807, 2.05) is 0 Å². The standard InChI is InChI=1S/C7H4ClF2I/c1-3-4(8)2-5(9)7(11)6(3)10/h2H,1H3. The zero-order chi connectivity index (χ0) is 8.59. The van der Waals surface area contributed by atoms with Gasteiger partial charge in [-0.3, -0.25) is 0 Å². The molecule has 0 aliphatic rings. The molecule has 0 amide bonds. The summed E-state index contributed by atoms with van der Waals surface area (Å²) in [7, 11) is 0. The van der Waals surface area contributed by atoms with Crippen molar-refractivity contribution in [1.29, 1.82) is 0 Å². The highest BCUT2D eigenvalue weighted by Crippen LogP contribution is 2.24. The second-order valence-electron chi connectivity index (χ2n) is 2.09. The van der Waals surface area contributed by atoms with E-state index in [1.165, 1.54) is 6.92 Å². The molecule has 0 atom stereocenters. The van der Waals surface area contributed by atoms with E-state index in [-0.39, 0.29) is 14.2 Å². The van der Waals surface area contributed by atoms with Gasteiger partial charge in [0.25, 0.3) is 0 Å². The van der Waals surface area contributed by atoms with Gasteiger partial charge < -0.3 is 0 Å². The maximum absolute atomic E-state index is 12.9. The molecule has 0 bridgehead atoms. The molecule has 60 valence electrons. The minimum absolute atomic E-state index is 0.00972. The zero-order valence-electron chi connectivity index (χ0n) is 5.59. The smallest absolute Gasteiger partial charge is 0.143 e. The quantitative estimate of drug-likeness (QED) is 0.389. The molecular weight excluding hydrogens is 284 g/mol. The van der Waals surface area contributed by atoms with Crippen molar-refractivity contribution in [2.24, 2.45) is 0 Å². The Morgan fingerprint density at radius 1 is 1.45 bits per heavy atom. The Labute approximate surface area is 81.7 Å². The van der Waals surface area contributed by atoms with Crippen molar-refractivity contribution in [2.75, 3.05) is 0 Å². The van der Waals surface area contributed by atoms with Crippen LogP contribution in [0.2, 0.25) is 5.02 Å². The number of benzene rings is 1. The fourth-order valence-corrected chi connectivity index (χ4v) is 1.40. The average molecular weight is 288 g/mol. The van der Waals surface area contributed by atoms with E-state index in [2.05, 4.69) is 0 Å². The fraction of sp³-hybridized carbons (Fsp3) is 0.143. The molecule has 1 rings (SSSR count). The summed E-state index contributed by atoms with van der Waals surface area (Å²) in [6.45, 7) is 1.51. The summed E-state index contributed by atoms with van der Waals surface area (Å²) in [6.07, 6.45) is 0. The average Bonchev–Trinajstić information content (AvgIpc) is 1.97. The molecule has 0 saturated carbocycles. The van der Waals surface area contributed by atoms with Crippen LogP contribution in [0.4, 0.5) is 8.78 Å². The largest absolute Gasteiger partial charge is 0.206 e. The van der Waals surface area contributed by atoms with Crippen LogP contribution in [0.1, 0.15) is 5.56 Å². The first kappa shape index (κ1) is 9.19. The molecule has 0 radical (unpaired) electrons. The monoisotopic (exact) mass is 288 g/mol. The van der Waals surface area contributed by atoms with E-state index in [1.54, 1.807) is 22.6 Å². The normalized spacial score (nSPS) is 10.3. The van der Waals surface area contributed by atoms with Gasteiger partial charge in [0, 0.05) is 10.6 Å². The molecule has 11 heavy (non-hydrogen) atoms. The Morgan fingerprint density at radius 3 is 2.55 bits per heavy atom. The lowest BCUT2D eigenvalue weighted by Crippen LogP contribution is -1.92. The minimum atomic E-state index is -0.612. The summed E-state index contributed by atoms with van der Waals surface area (Å²) in [6, 6.07) is 1.11. The second kappa shape index (κ2) is 3.23. The highest BCUT2D eigenvalue weighted by Gasteiger charge is 2.11. The van der Waals surface area contributed by atoms with Crippen LogP contribution in [0.25, 0.3) is 0 Å². The number of hydrogen-bond acceptors (Lipinski definition) is 0. The van der Waals surface area contributed by atoms with E-state index in [0.29, 0.717) is 0 Å². The SMILES string of the molecule is Cc1c(Cl)cc(F)c(I)c1F. The Kier molecular flexibility index (Phi) is 2.70. The van der Waals surface area contributed by atoms with Gasteiger partial charge in [-0.25, -0.2) is 8.78 Å². The van der Waals surface area contributed by atoms with E-state index in [4.69, 9.17) is 11.6 Å². The van der Waals surface area contributed by atoms with Crippen LogP contribution in [0.5, 0.6) is 0 Å². The Bertz CT molecular complexity index is 273. The molecule has 0 saturated heterocycles. The van der Waals surface area contributed by atoms with E-state index >= 15 is 0 Å². The molecule has 0 aromatic heterocycles. The maximum Gasteiger partial charge on any atom is 0.143 e. The fourth-order valence-electron chi connectivity index (χ4n) is 0.657. The lowest BCUT2D eigenvalue weighted by atomic mass is 10.2. The number of hydrogen-bond donors (Lipinski definition) is 0. The predicted molar refractivity (Wildman–Crippen MR) is 48.8 cm³/mol. The lowest BCUT2D eigenvalue weighted by molar-refractivity contribution is 0.565. The van der Waals surface area contributed by atoms with Crippen molar-refractivity contribution >= 4 is 34.2 Å². The molecular formula is C7H4ClF2I. The van der Waals surface area contributed by atoms with Crippen molar-refractivity contribution in [3.05, 3.63) is 31.9 Å². The first-order chi connectivity index (χ1) is 5.04. The van der Waals surface area contributed by atoms with E-state index in [0.717, 1.165) is 6.07 Å². The molecule has 0 N–H and O–H groups in total. The Hall–Kier alpha value is 0.1000. The topological polar surface area (TPSA) is 0 Å². The van der Waals surface area contributed by atoms with Gasteiger partial charge in [0.1, 0.15) is 11.6 Å². The van der Waals surface area contributed by atoms with Crippen LogP contribution in [0.3, 0.4) is 0 Å². The van der Waals surface area contributed by atoms with Crippen molar-refractivity contribution in [3.8, 4) is 0 Å². The molecule has 0 nitrogen and oxygen atoms in total. The summed E-state index contributed by atoms with van der Waals surface area (Å²) >= 11 is 7.11. The minimum Gasteiger partial charge on any atom is -0.206 e. The predicted octanol–water partition coefficient (Wildman–Crippen LogP) is 3.53. The van der Waals surface area contributed by atoms with Crippen molar-refractivity contribution < 1.29 is 8.78 Å². The van der Waals surface area contributed by atoms with E-state index < -0.39 is 11.6 Å². The van der Waals surface area contributed by atoms with Crippen LogP contribution in [-0.4, -0.2) is 0 Å². The summed E-state index contributed by atoms with van der Waals surface area (Å²) in [4.78, 5) is 0. The molecule has 0 aliphatic carbocycles. The number of rotatable bonds is 0. The summed E-state index contributed by atoms with van der Waals surface area (Å²) in [5.41, 5.74) is 0.289. The van der Waals surface area contributed by atoms with Gasteiger partial charge in [-0.1, -0.05) is 11.6 Å². The zero-order valence-corrected chi connectivity index (χ0v) is 8.50. The molecule has 0 heterocycles. The van der Waals surface area contributed by atoms with E-state index in [9.17, 15) is 8.78 Å². The second-order valence-corrected chi connectivity index (χ2v) is 3.58. The molecule has 0 fully saturated rings. The van der Waals surface area contributed by atoms with Gasteiger partial charge in [0.05, 0.1) is 3.57 Å². The number of halogens is 4. The highest BCUT2D eigenvalue weighted by atomic mass is 127. The Morgan fingerprint density at radius 2 is 2.00 bits per heavy atom. The van der Waals surface area contributed by atoms with Crippen LogP contribution in [-0.2, 0) is 0 Å². The first-order valence-electron chi connectivity index (χ1n) is 2.83.